The fourth-order valence-corrected chi connectivity index (χ4v) is 0.650. The number of allylic oxidation sites excluding steroid dienone is 2. The normalized spacial score (nSPS) is 13.9. The van der Waals surface area contributed by atoms with Crippen molar-refractivity contribution in [1.29, 1.82) is 0 Å². The molecule has 0 spiro atoms. The minimum absolute atomic E-state index is 0.602. The molecular weight excluding hydrogens is 110 g/mol. The topological polar surface area (TPSA) is 26.0 Å². The van der Waals surface area contributed by atoms with E-state index in [-0.39, 0.29) is 0 Å². The monoisotopic (exact) mass is 127 g/mol. The minimum atomic E-state index is 0.602. The Morgan fingerprint density at radius 3 is 2.00 bits per heavy atom. The summed E-state index contributed by atoms with van der Waals surface area (Å²) in [6.07, 6.45) is 0.976. The Hall–Kier alpha value is -0.460. The molecule has 0 atom stereocenters. The van der Waals surface area contributed by atoms with Crippen molar-refractivity contribution >= 4 is 0 Å². The summed E-state index contributed by atoms with van der Waals surface area (Å²) < 4.78 is 0. The summed E-state index contributed by atoms with van der Waals surface area (Å²) in [5, 5.41) is 0. The van der Waals surface area contributed by atoms with Crippen molar-refractivity contribution in [3.8, 4) is 0 Å². The molecule has 0 aliphatic heterocycles. The molecule has 0 aromatic heterocycles. The van der Waals surface area contributed by atoms with E-state index in [2.05, 4.69) is 27.7 Å². The van der Waals surface area contributed by atoms with Crippen molar-refractivity contribution < 1.29 is 0 Å². The van der Waals surface area contributed by atoms with Gasteiger partial charge in [-0.15, -0.1) is 0 Å². The molecule has 0 rings (SSSR count). The van der Waals surface area contributed by atoms with Crippen molar-refractivity contribution in [2.24, 2.45) is 11.7 Å². The smallest absolute Gasteiger partial charge is 0.00694 e. The van der Waals surface area contributed by atoms with Gasteiger partial charge in [0, 0.05) is 5.70 Å². The molecule has 0 saturated carbocycles. The third kappa shape index (κ3) is 2.54. The first kappa shape index (κ1) is 8.54. The van der Waals surface area contributed by atoms with Gasteiger partial charge in [0.15, 0.2) is 0 Å². The molecule has 9 heavy (non-hydrogen) atoms. The van der Waals surface area contributed by atoms with Crippen molar-refractivity contribution in [2.45, 2.75) is 34.1 Å². The molecule has 2 N–H and O–H groups in total. The van der Waals surface area contributed by atoms with Gasteiger partial charge in [0.2, 0.25) is 0 Å². The first-order valence-electron chi connectivity index (χ1n) is 3.54. The largest absolute Gasteiger partial charge is 0.402 e. The predicted octanol–water partition coefficient (Wildman–Crippen LogP) is 2.29. The van der Waals surface area contributed by atoms with Crippen LogP contribution >= 0.6 is 0 Å². The van der Waals surface area contributed by atoms with Gasteiger partial charge in [0.25, 0.3) is 0 Å². The summed E-state index contributed by atoms with van der Waals surface area (Å²) in [4.78, 5) is 0. The van der Waals surface area contributed by atoms with Gasteiger partial charge in [-0.05, 0) is 19.3 Å². The molecule has 0 aromatic rings. The van der Waals surface area contributed by atoms with Gasteiger partial charge in [-0.3, -0.25) is 0 Å². The second kappa shape index (κ2) is 3.54. The molecule has 1 nitrogen and oxygen atoms in total. The lowest BCUT2D eigenvalue weighted by molar-refractivity contribution is 0.744. The number of rotatable bonds is 2. The van der Waals surface area contributed by atoms with E-state index < -0.39 is 0 Å². The van der Waals surface area contributed by atoms with Gasteiger partial charge in [-0.1, -0.05) is 26.3 Å². The van der Waals surface area contributed by atoms with Crippen LogP contribution in [-0.2, 0) is 0 Å². The van der Waals surface area contributed by atoms with Crippen LogP contribution in [-0.4, -0.2) is 0 Å². The van der Waals surface area contributed by atoms with E-state index >= 15 is 0 Å². The Labute approximate surface area is 57.9 Å². The fourth-order valence-electron chi connectivity index (χ4n) is 0.650. The summed E-state index contributed by atoms with van der Waals surface area (Å²) in [5.74, 6) is 0.602. The lowest BCUT2D eigenvalue weighted by Crippen LogP contribution is -2.03. The average molecular weight is 127 g/mol. The molecule has 0 aliphatic rings. The molecule has 0 aromatic carbocycles. The second-order valence-electron chi connectivity index (χ2n) is 2.72. The Bertz CT molecular complexity index is 112. The van der Waals surface area contributed by atoms with E-state index in [0.717, 1.165) is 12.1 Å². The Morgan fingerprint density at radius 1 is 1.44 bits per heavy atom. The summed E-state index contributed by atoms with van der Waals surface area (Å²) >= 11 is 0. The zero-order valence-corrected chi connectivity index (χ0v) is 6.86. The average Bonchev–Trinajstić information content (AvgIpc) is 1.84. The quantitative estimate of drug-likeness (QED) is 0.605. The molecule has 0 bridgehead atoms. The maximum atomic E-state index is 5.70. The maximum absolute atomic E-state index is 5.70. The lowest BCUT2D eigenvalue weighted by Gasteiger charge is -2.08. The SMILES string of the molecule is CC/C(N)=C(/C)C(C)C. The van der Waals surface area contributed by atoms with Crippen LogP contribution in [0.15, 0.2) is 11.3 Å². The Morgan fingerprint density at radius 2 is 1.89 bits per heavy atom. The third-order valence-electron chi connectivity index (χ3n) is 1.75. The van der Waals surface area contributed by atoms with Gasteiger partial charge in [0.1, 0.15) is 0 Å². The van der Waals surface area contributed by atoms with Crippen molar-refractivity contribution in [1.82, 2.24) is 0 Å². The molecule has 0 aliphatic carbocycles. The molecular formula is C8H17N. The van der Waals surface area contributed by atoms with E-state index in [1.807, 2.05) is 0 Å². The van der Waals surface area contributed by atoms with Gasteiger partial charge < -0.3 is 5.73 Å². The third-order valence-corrected chi connectivity index (χ3v) is 1.75. The van der Waals surface area contributed by atoms with Crippen molar-refractivity contribution in [2.75, 3.05) is 0 Å². The second-order valence-corrected chi connectivity index (χ2v) is 2.72. The minimum Gasteiger partial charge on any atom is -0.402 e. The van der Waals surface area contributed by atoms with Gasteiger partial charge in [-0.25, -0.2) is 0 Å². The molecule has 0 radical (unpaired) electrons. The molecule has 0 amide bonds. The molecule has 0 saturated heterocycles. The van der Waals surface area contributed by atoms with Crippen molar-refractivity contribution in [3.63, 3.8) is 0 Å². The highest BCUT2D eigenvalue weighted by Crippen LogP contribution is 2.11. The molecule has 54 valence electrons. The Kier molecular flexibility index (Phi) is 3.36. The van der Waals surface area contributed by atoms with Gasteiger partial charge in [0.05, 0.1) is 0 Å². The van der Waals surface area contributed by atoms with E-state index in [1.165, 1.54) is 5.57 Å². The number of hydrogen-bond donors (Lipinski definition) is 1. The van der Waals surface area contributed by atoms with Crippen LogP contribution in [0.2, 0.25) is 0 Å². The summed E-state index contributed by atoms with van der Waals surface area (Å²) in [7, 11) is 0. The maximum Gasteiger partial charge on any atom is 0.00694 e. The number of nitrogens with two attached hydrogens (primary N) is 1. The van der Waals surface area contributed by atoms with Crippen LogP contribution in [0.25, 0.3) is 0 Å². The van der Waals surface area contributed by atoms with Gasteiger partial charge in [-0.2, -0.15) is 0 Å². The van der Waals surface area contributed by atoms with E-state index in [4.69, 9.17) is 5.73 Å². The fraction of sp³-hybridized carbons (Fsp3) is 0.750. The summed E-state index contributed by atoms with van der Waals surface area (Å²) in [5.41, 5.74) is 8.07. The van der Waals surface area contributed by atoms with Gasteiger partial charge >= 0.3 is 0 Å². The zero-order valence-electron chi connectivity index (χ0n) is 6.86. The highest BCUT2D eigenvalue weighted by molar-refractivity contribution is 5.09. The first-order chi connectivity index (χ1) is 4.09. The predicted molar refractivity (Wildman–Crippen MR) is 42.0 cm³/mol. The Balaban J connectivity index is 4.10. The zero-order chi connectivity index (χ0) is 7.44. The summed E-state index contributed by atoms with van der Waals surface area (Å²) in [6.45, 7) is 8.51. The number of hydrogen-bond acceptors (Lipinski definition) is 1. The van der Waals surface area contributed by atoms with Crippen LogP contribution in [0.5, 0.6) is 0 Å². The lowest BCUT2D eigenvalue weighted by atomic mass is 10.0. The molecule has 0 fully saturated rings. The van der Waals surface area contributed by atoms with Crippen LogP contribution in [0, 0.1) is 5.92 Å². The van der Waals surface area contributed by atoms with Crippen LogP contribution in [0.4, 0.5) is 0 Å². The summed E-state index contributed by atoms with van der Waals surface area (Å²) in [6, 6.07) is 0. The molecule has 0 unspecified atom stereocenters. The highest BCUT2D eigenvalue weighted by atomic mass is 14.6. The molecule has 0 heterocycles. The highest BCUT2D eigenvalue weighted by Gasteiger charge is 1.99. The first-order valence-corrected chi connectivity index (χ1v) is 3.54. The van der Waals surface area contributed by atoms with E-state index in [0.29, 0.717) is 5.92 Å². The van der Waals surface area contributed by atoms with E-state index in [9.17, 15) is 0 Å². The standard InChI is InChI=1S/C8H17N/c1-5-8(9)7(4)6(2)3/h6H,5,9H2,1-4H3/b8-7+. The molecule has 1 heteroatoms. The van der Waals surface area contributed by atoms with E-state index in [1.54, 1.807) is 0 Å². The van der Waals surface area contributed by atoms with Crippen LogP contribution < -0.4 is 5.73 Å². The van der Waals surface area contributed by atoms with Crippen molar-refractivity contribution in [3.05, 3.63) is 11.3 Å². The van der Waals surface area contributed by atoms with Crippen LogP contribution in [0.1, 0.15) is 34.1 Å². The van der Waals surface area contributed by atoms with Crippen LogP contribution in [0.3, 0.4) is 0 Å².